The van der Waals surface area contributed by atoms with Crippen LogP contribution in [0.2, 0.25) is 0 Å². The second-order valence-corrected chi connectivity index (χ2v) is 14.9. The fourth-order valence-electron chi connectivity index (χ4n) is 8.14. The summed E-state index contributed by atoms with van der Waals surface area (Å²) in [7, 11) is 0. The van der Waals surface area contributed by atoms with Crippen LogP contribution in [0.4, 0.5) is 0 Å². The molecule has 0 aromatic heterocycles. The molecule has 5 atom stereocenters. The lowest BCUT2D eigenvalue weighted by Crippen LogP contribution is -2.72. The molecule has 1 aromatic rings. The molecule has 1 spiro atoms. The van der Waals surface area contributed by atoms with Crippen LogP contribution in [-0.2, 0) is 16.0 Å². The van der Waals surface area contributed by atoms with Gasteiger partial charge in [-0.05, 0) is 100 Å². The van der Waals surface area contributed by atoms with E-state index in [9.17, 15) is 14.7 Å². The van der Waals surface area contributed by atoms with Crippen LogP contribution in [-0.4, -0.2) is 39.1 Å². The summed E-state index contributed by atoms with van der Waals surface area (Å²) in [5.41, 5.74) is 1.22. The fraction of sp³-hybridized carbons (Fsp3) is 0.526. The van der Waals surface area contributed by atoms with E-state index in [0.29, 0.717) is 47.5 Å². The van der Waals surface area contributed by atoms with E-state index in [1.807, 2.05) is 66.7 Å². The van der Waals surface area contributed by atoms with E-state index >= 15 is 0 Å². The summed E-state index contributed by atoms with van der Waals surface area (Å²) in [6.07, 6.45) is 14.9. The summed E-state index contributed by atoms with van der Waals surface area (Å²) in [6.45, 7) is 18.3. The Labute approximate surface area is 261 Å². The molecule has 1 aromatic carbocycles. The Bertz CT molecular complexity index is 1620. The van der Waals surface area contributed by atoms with Gasteiger partial charge in [-0.25, -0.2) is 0 Å². The summed E-state index contributed by atoms with van der Waals surface area (Å²) >= 11 is 0. The maximum absolute atomic E-state index is 14.7. The highest BCUT2D eigenvalue weighted by Crippen LogP contribution is 2.68. The van der Waals surface area contributed by atoms with Gasteiger partial charge >= 0.3 is 0 Å². The Morgan fingerprint density at radius 3 is 2.30 bits per heavy atom. The molecular weight excluding hydrogens is 552 g/mol. The molecule has 2 fully saturated rings. The molecule has 1 saturated heterocycles. The van der Waals surface area contributed by atoms with Gasteiger partial charge in [0.1, 0.15) is 28.4 Å². The lowest BCUT2D eigenvalue weighted by atomic mass is 9.51. The maximum atomic E-state index is 14.7. The number of ether oxygens (including phenoxy) is 3. The molecule has 1 N–H and O–H groups in total. The molecule has 0 amide bonds. The van der Waals surface area contributed by atoms with Crippen LogP contribution >= 0.6 is 0 Å². The number of carbonyl (C=O) groups excluding carboxylic acids is 2. The van der Waals surface area contributed by atoms with Gasteiger partial charge < -0.3 is 19.3 Å². The molecule has 6 aliphatic rings. The Balaban J connectivity index is 1.59. The second kappa shape index (κ2) is 10.1. The van der Waals surface area contributed by atoms with E-state index in [-0.39, 0.29) is 28.8 Å². The molecule has 0 radical (unpaired) electrons. The SMILES string of the molecule is CC(C)=CCCC1(C)C=Cc2c(O)c3c(c(CC=C(C)C)c2O1)OC12C(=C[C@@H]4C[C@H]1C(C)(C)OC2(CC=C(C)C)C4=O)C3=O. The quantitative estimate of drug-likeness (QED) is 0.319. The van der Waals surface area contributed by atoms with E-state index in [0.717, 1.165) is 24.0 Å². The molecule has 44 heavy (non-hydrogen) atoms. The highest BCUT2D eigenvalue weighted by atomic mass is 16.6. The molecule has 234 valence electrons. The van der Waals surface area contributed by atoms with Gasteiger partial charge in [-0.1, -0.05) is 41.0 Å². The van der Waals surface area contributed by atoms with Crippen molar-refractivity contribution in [1.82, 2.24) is 0 Å². The summed E-state index contributed by atoms with van der Waals surface area (Å²) < 4.78 is 20.8. The second-order valence-electron chi connectivity index (χ2n) is 14.9. The van der Waals surface area contributed by atoms with E-state index in [2.05, 4.69) is 26.0 Å². The van der Waals surface area contributed by atoms with Gasteiger partial charge in [-0.2, -0.15) is 0 Å². The summed E-state index contributed by atoms with van der Waals surface area (Å²) in [5, 5.41) is 11.8. The van der Waals surface area contributed by atoms with Gasteiger partial charge in [0, 0.05) is 29.4 Å². The van der Waals surface area contributed by atoms with Crippen LogP contribution in [0.25, 0.3) is 6.08 Å². The Hall–Kier alpha value is -3.38. The molecule has 6 heteroatoms. The van der Waals surface area contributed by atoms with E-state index in [4.69, 9.17) is 14.2 Å². The maximum Gasteiger partial charge on any atom is 0.200 e. The topological polar surface area (TPSA) is 82.1 Å². The highest BCUT2D eigenvalue weighted by molar-refractivity contribution is 6.19. The first-order valence-corrected chi connectivity index (χ1v) is 16.0. The first-order valence-electron chi connectivity index (χ1n) is 16.0. The lowest BCUT2D eigenvalue weighted by molar-refractivity contribution is -0.171. The third-order valence-corrected chi connectivity index (χ3v) is 10.2. The summed E-state index contributed by atoms with van der Waals surface area (Å²) in [6, 6.07) is 0. The molecule has 3 heterocycles. The number of benzene rings is 1. The lowest BCUT2D eigenvalue weighted by Gasteiger charge is -2.56. The highest BCUT2D eigenvalue weighted by Gasteiger charge is 2.81. The molecular formula is C38H46O6. The van der Waals surface area contributed by atoms with Gasteiger partial charge in [-0.15, -0.1) is 0 Å². The molecule has 6 nitrogen and oxygen atoms in total. The van der Waals surface area contributed by atoms with Crippen LogP contribution in [0.1, 0.15) is 109 Å². The van der Waals surface area contributed by atoms with E-state index in [1.54, 1.807) is 6.08 Å². The zero-order chi connectivity index (χ0) is 32.0. The molecule has 3 unspecified atom stereocenters. The van der Waals surface area contributed by atoms with Gasteiger partial charge in [0.05, 0.1) is 11.2 Å². The fourth-order valence-corrected chi connectivity index (χ4v) is 8.14. The average molecular weight is 599 g/mol. The van der Waals surface area contributed by atoms with Crippen molar-refractivity contribution in [2.45, 2.75) is 117 Å². The van der Waals surface area contributed by atoms with E-state index < -0.39 is 28.3 Å². The molecule has 1 saturated carbocycles. The van der Waals surface area contributed by atoms with Crippen molar-refractivity contribution in [3.05, 3.63) is 69.4 Å². The number of rotatable bonds is 7. The first-order chi connectivity index (χ1) is 20.6. The molecule has 3 aliphatic carbocycles. The predicted octanol–water partition coefficient (Wildman–Crippen LogP) is 8.17. The number of ketones is 2. The van der Waals surface area contributed by atoms with Crippen molar-refractivity contribution in [3.63, 3.8) is 0 Å². The number of Topliss-reactive ketones (excluding diaryl/α,β-unsaturated/α-hetero) is 2. The minimum absolute atomic E-state index is 0.0316. The number of allylic oxidation sites excluding steroid dienone is 6. The number of hydrogen-bond donors (Lipinski definition) is 1. The zero-order valence-corrected chi connectivity index (χ0v) is 27.6. The third kappa shape index (κ3) is 4.23. The number of phenolic OH excluding ortho intramolecular Hbond substituents is 1. The smallest absolute Gasteiger partial charge is 0.200 e. The van der Waals surface area contributed by atoms with Crippen LogP contribution in [0.5, 0.6) is 17.2 Å². The van der Waals surface area contributed by atoms with Gasteiger partial charge in [0.15, 0.2) is 22.8 Å². The predicted molar refractivity (Wildman–Crippen MR) is 172 cm³/mol. The van der Waals surface area contributed by atoms with Crippen molar-refractivity contribution >= 4 is 17.6 Å². The van der Waals surface area contributed by atoms with Crippen LogP contribution in [0, 0.1) is 11.8 Å². The van der Waals surface area contributed by atoms with Crippen LogP contribution in [0.3, 0.4) is 0 Å². The van der Waals surface area contributed by atoms with Gasteiger partial charge in [0.25, 0.3) is 0 Å². The van der Waals surface area contributed by atoms with Crippen molar-refractivity contribution in [3.8, 4) is 17.2 Å². The Kier molecular flexibility index (Phi) is 7.01. The first kappa shape index (κ1) is 30.6. The summed E-state index contributed by atoms with van der Waals surface area (Å²) in [4.78, 5) is 29.0. The minimum atomic E-state index is -1.35. The van der Waals surface area contributed by atoms with Crippen molar-refractivity contribution < 1.29 is 28.9 Å². The minimum Gasteiger partial charge on any atom is -0.506 e. The molecule has 4 bridgehead atoms. The molecule has 3 aliphatic heterocycles. The standard InChI is InChI=1S/C38H46O6/c1-21(2)11-10-16-36(9)17-15-25-30(39)29-31(40)27-19-24-20-28-35(7,8)44-37(34(24)41,18-14-23(5)6)38(27,28)43-33(29)26(32(25)42-36)13-12-22(3)4/h11-12,14-15,17,19,24,28,39H,10,13,16,18,20H2,1-9H3/t24-,28+,36?,37?,38?/m1/s1. The zero-order valence-electron chi connectivity index (χ0n) is 27.6. The van der Waals surface area contributed by atoms with Gasteiger partial charge in [0.2, 0.25) is 0 Å². The van der Waals surface area contributed by atoms with Crippen LogP contribution in [0.15, 0.2) is 52.7 Å². The van der Waals surface area contributed by atoms with Crippen molar-refractivity contribution in [2.75, 3.05) is 0 Å². The molecule has 7 rings (SSSR count). The number of fused-ring (bicyclic) bond motifs is 2. The van der Waals surface area contributed by atoms with E-state index in [1.165, 1.54) is 5.57 Å². The van der Waals surface area contributed by atoms with Crippen molar-refractivity contribution in [1.29, 1.82) is 0 Å². The third-order valence-electron chi connectivity index (χ3n) is 10.2. The number of carbonyl (C=O) groups is 2. The largest absolute Gasteiger partial charge is 0.506 e. The Morgan fingerprint density at radius 1 is 0.955 bits per heavy atom. The van der Waals surface area contributed by atoms with Gasteiger partial charge in [-0.3, -0.25) is 9.59 Å². The van der Waals surface area contributed by atoms with Crippen LogP contribution < -0.4 is 9.47 Å². The monoisotopic (exact) mass is 598 g/mol. The Morgan fingerprint density at radius 2 is 1.64 bits per heavy atom. The number of aromatic hydroxyl groups is 1. The van der Waals surface area contributed by atoms with Crippen molar-refractivity contribution in [2.24, 2.45) is 11.8 Å². The number of hydrogen-bond acceptors (Lipinski definition) is 6. The number of phenols is 1. The normalized spacial score (nSPS) is 31.6. The average Bonchev–Trinajstić information content (AvgIpc) is 3.08. The summed E-state index contributed by atoms with van der Waals surface area (Å²) in [5.74, 6) is -0.296.